The first-order valence-corrected chi connectivity index (χ1v) is 12.1. The second-order valence-corrected chi connectivity index (χ2v) is 8.84. The molecule has 1 unspecified atom stereocenters. The van der Waals surface area contributed by atoms with E-state index in [4.69, 9.17) is 25.8 Å². The van der Waals surface area contributed by atoms with E-state index in [1.54, 1.807) is 32.7 Å². The van der Waals surface area contributed by atoms with Gasteiger partial charge in [-0.3, -0.25) is 9.29 Å². The lowest BCUT2D eigenvalue weighted by Gasteiger charge is -2.19. The second kappa shape index (κ2) is 10.4. The van der Waals surface area contributed by atoms with Gasteiger partial charge in [0.1, 0.15) is 18.5 Å². The molecule has 10 nitrogen and oxygen atoms in total. The number of nitrogens with one attached hydrogen (secondary N) is 1. The fraction of sp³-hybridized carbons (Fsp3) is 0.261. The van der Waals surface area contributed by atoms with Crippen molar-refractivity contribution in [3.05, 3.63) is 65.3 Å². The first kappa shape index (κ1) is 23.2. The highest BCUT2D eigenvalue weighted by Crippen LogP contribution is 2.43. The summed E-state index contributed by atoms with van der Waals surface area (Å²) in [5, 5.41) is 9.46. The molecule has 0 radical (unpaired) electrons. The van der Waals surface area contributed by atoms with Gasteiger partial charge in [0.2, 0.25) is 11.8 Å². The Hall–Kier alpha value is -3.57. The number of aryl methyl sites for hydroxylation is 1. The zero-order valence-electron chi connectivity index (χ0n) is 19.0. The molecule has 4 aromatic rings. The maximum absolute atomic E-state index is 6.24. The third kappa shape index (κ3) is 4.82. The Bertz CT molecular complexity index is 1320. The lowest BCUT2D eigenvalue weighted by molar-refractivity contribution is 0.263. The van der Waals surface area contributed by atoms with E-state index < -0.39 is 0 Å². The van der Waals surface area contributed by atoms with Crippen molar-refractivity contribution < 1.29 is 14.2 Å². The summed E-state index contributed by atoms with van der Waals surface area (Å²) in [7, 11) is 3.21. The molecule has 0 fully saturated rings. The van der Waals surface area contributed by atoms with Crippen molar-refractivity contribution in [1.29, 1.82) is 0 Å². The van der Waals surface area contributed by atoms with Gasteiger partial charge in [-0.2, -0.15) is 0 Å². The topological polar surface area (TPSA) is 109 Å². The fourth-order valence-corrected chi connectivity index (χ4v) is 4.50. The Morgan fingerprint density at radius 2 is 1.94 bits per heavy atom. The number of rotatable bonds is 8. The molecule has 0 spiro atoms. The van der Waals surface area contributed by atoms with Gasteiger partial charge in [-0.05, 0) is 30.1 Å². The standard InChI is InChI=1S/C23H22ClN7O3S/c1-32-18-7-3-5-15-21(18)34-13-17(16-6-4-8-20(27-16)33-2)31-22(15)28-29-23(31)30-35-10-9-19-25-11-14(24)12-26-19/h3-8,11-12,17H,9-10,13H2,1-2H3,(H,29,30). The van der Waals surface area contributed by atoms with E-state index in [9.17, 15) is 0 Å². The summed E-state index contributed by atoms with van der Waals surface area (Å²) in [5.41, 5.74) is 1.55. The molecule has 0 aliphatic carbocycles. The number of ether oxygens (including phenoxy) is 3. The first-order valence-electron chi connectivity index (χ1n) is 10.8. The zero-order valence-corrected chi connectivity index (χ0v) is 20.6. The molecular weight excluding hydrogens is 490 g/mol. The Morgan fingerprint density at radius 1 is 1.11 bits per heavy atom. The first-order chi connectivity index (χ1) is 17.2. The SMILES string of the molecule is COc1cccc(C2COc3c(OC)cccc3-c3nnc(NSCCc4ncc(Cl)cn4)n32)n1. The molecule has 0 bridgehead atoms. The zero-order chi connectivity index (χ0) is 24.2. The number of anilines is 1. The molecule has 1 aliphatic heterocycles. The summed E-state index contributed by atoms with van der Waals surface area (Å²) in [4.78, 5) is 13.1. The van der Waals surface area contributed by atoms with Crippen LogP contribution in [0.1, 0.15) is 17.6 Å². The van der Waals surface area contributed by atoms with E-state index in [1.165, 1.54) is 11.9 Å². The lowest BCUT2D eigenvalue weighted by atomic mass is 10.1. The highest BCUT2D eigenvalue weighted by molar-refractivity contribution is 8.00. The monoisotopic (exact) mass is 511 g/mol. The van der Waals surface area contributed by atoms with Gasteiger partial charge < -0.3 is 14.2 Å². The molecule has 0 saturated heterocycles. The molecule has 4 heterocycles. The third-order valence-corrected chi connectivity index (χ3v) is 6.32. The van der Waals surface area contributed by atoms with Crippen molar-refractivity contribution in [2.45, 2.75) is 12.5 Å². The van der Waals surface area contributed by atoms with E-state index in [0.29, 0.717) is 53.0 Å². The number of aromatic nitrogens is 6. The van der Waals surface area contributed by atoms with Crippen LogP contribution in [0.3, 0.4) is 0 Å². The van der Waals surface area contributed by atoms with Crippen LogP contribution in [0.4, 0.5) is 5.95 Å². The van der Waals surface area contributed by atoms with Crippen LogP contribution in [-0.2, 0) is 6.42 Å². The van der Waals surface area contributed by atoms with Gasteiger partial charge in [0.05, 0.1) is 30.5 Å². The molecule has 35 heavy (non-hydrogen) atoms. The maximum Gasteiger partial charge on any atom is 0.235 e. The summed E-state index contributed by atoms with van der Waals surface area (Å²) in [6.07, 6.45) is 3.86. The van der Waals surface area contributed by atoms with E-state index in [0.717, 1.165) is 17.1 Å². The van der Waals surface area contributed by atoms with E-state index >= 15 is 0 Å². The van der Waals surface area contributed by atoms with Gasteiger partial charge in [-0.25, -0.2) is 15.0 Å². The summed E-state index contributed by atoms with van der Waals surface area (Å²) < 4.78 is 22.5. The van der Waals surface area contributed by atoms with Crippen molar-refractivity contribution in [3.63, 3.8) is 0 Å². The Balaban J connectivity index is 1.46. The number of halogens is 1. The van der Waals surface area contributed by atoms with Crippen molar-refractivity contribution in [1.82, 2.24) is 29.7 Å². The number of methoxy groups -OCH3 is 2. The van der Waals surface area contributed by atoms with Crippen molar-refractivity contribution >= 4 is 29.5 Å². The van der Waals surface area contributed by atoms with E-state index in [2.05, 4.69) is 29.9 Å². The average Bonchev–Trinajstić information content (AvgIpc) is 3.23. The van der Waals surface area contributed by atoms with Crippen LogP contribution in [0.25, 0.3) is 11.4 Å². The molecule has 0 amide bonds. The summed E-state index contributed by atoms with van der Waals surface area (Å²) in [6, 6.07) is 11.0. The minimum atomic E-state index is -0.310. The molecule has 180 valence electrons. The third-order valence-electron chi connectivity index (χ3n) is 5.39. The van der Waals surface area contributed by atoms with E-state index in [1.807, 2.05) is 34.9 Å². The minimum Gasteiger partial charge on any atom is -0.493 e. The van der Waals surface area contributed by atoms with Crippen LogP contribution in [0.15, 0.2) is 48.8 Å². The van der Waals surface area contributed by atoms with Crippen molar-refractivity contribution in [3.8, 4) is 28.8 Å². The number of hydrogen-bond acceptors (Lipinski definition) is 10. The van der Waals surface area contributed by atoms with Crippen molar-refractivity contribution in [2.24, 2.45) is 0 Å². The summed E-state index contributed by atoms with van der Waals surface area (Å²) >= 11 is 7.35. The Labute approximate surface area is 211 Å². The summed E-state index contributed by atoms with van der Waals surface area (Å²) in [6.45, 7) is 0.302. The quantitative estimate of drug-likeness (QED) is 0.274. The lowest BCUT2D eigenvalue weighted by Crippen LogP contribution is -2.20. The van der Waals surface area contributed by atoms with E-state index in [-0.39, 0.29) is 6.04 Å². The predicted molar refractivity (Wildman–Crippen MR) is 133 cm³/mol. The highest BCUT2D eigenvalue weighted by atomic mass is 35.5. The number of hydrogen-bond donors (Lipinski definition) is 1. The fourth-order valence-electron chi connectivity index (χ4n) is 3.75. The molecule has 1 aromatic carbocycles. The molecule has 1 atom stereocenters. The molecule has 12 heteroatoms. The number of benzene rings is 1. The van der Waals surface area contributed by atoms with Gasteiger partial charge in [-0.1, -0.05) is 23.7 Å². The Kier molecular flexibility index (Phi) is 6.87. The van der Waals surface area contributed by atoms with Gasteiger partial charge in [0.25, 0.3) is 0 Å². The predicted octanol–water partition coefficient (Wildman–Crippen LogP) is 4.09. The molecule has 5 rings (SSSR count). The molecule has 0 saturated carbocycles. The molecule has 1 N–H and O–H groups in total. The van der Waals surface area contributed by atoms with Gasteiger partial charge in [-0.15, -0.1) is 10.2 Å². The maximum atomic E-state index is 6.24. The largest absolute Gasteiger partial charge is 0.493 e. The number of fused-ring (bicyclic) bond motifs is 3. The highest BCUT2D eigenvalue weighted by Gasteiger charge is 2.31. The van der Waals surface area contributed by atoms with Crippen LogP contribution >= 0.6 is 23.5 Å². The second-order valence-electron chi connectivity index (χ2n) is 7.50. The average molecular weight is 512 g/mol. The Morgan fingerprint density at radius 3 is 2.74 bits per heavy atom. The van der Waals surface area contributed by atoms with Crippen LogP contribution in [0.5, 0.6) is 17.4 Å². The van der Waals surface area contributed by atoms with Gasteiger partial charge in [0.15, 0.2) is 17.3 Å². The normalized spacial score (nSPS) is 14.3. The smallest absolute Gasteiger partial charge is 0.235 e. The molecule has 1 aliphatic rings. The number of nitrogens with zero attached hydrogens (tertiary/aromatic N) is 6. The van der Waals surface area contributed by atoms with Gasteiger partial charge in [0, 0.05) is 30.6 Å². The molecule has 3 aromatic heterocycles. The summed E-state index contributed by atoms with van der Waals surface area (Å²) in [5.74, 6) is 4.43. The van der Waals surface area contributed by atoms with Crippen LogP contribution in [0, 0.1) is 0 Å². The minimum absolute atomic E-state index is 0.302. The van der Waals surface area contributed by atoms with Crippen LogP contribution in [-0.4, -0.2) is 56.3 Å². The van der Waals surface area contributed by atoms with Gasteiger partial charge >= 0.3 is 0 Å². The number of para-hydroxylation sites is 1. The number of pyridine rings is 1. The van der Waals surface area contributed by atoms with Crippen LogP contribution < -0.4 is 18.9 Å². The van der Waals surface area contributed by atoms with Crippen molar-refractivity contribution in [2.75, 3.05) is 31.3 Å². The van der Waals surface area contributed by atoms with Crippen LogP contribution in [0.2, 0.25) is 5.02 Å². The molecular formula is C23H22ClN7O3S.